The molecule has 0 aliphatic heterocycles. The molecule has 0 heterocycles. The summed E-state index contributed by atoms with van der Waals surface area (Å²) in [6, 6.07) is 5.47. The number of benzene rings is 2. The fourth-order valence-corrected chi connectivity index (χ4v) is 3.20. The maximum absolute atomic E-state index is 14.7. The Balaban J connectivity index is 2.16. The van der Waals surface area contributed by atoms with Gasteiger partial charge in [0.25, 0.3) is 0 Å². The Labute approximate surface area is 175 Å². The molecular formula is C19H7F12O2-. The number of fused-ring (bicyclic) bond motifs is 1. The molecule has 3 rings (SSSR count). The van der Waals surface area contributed by atoms with Crippen LogP contribution < -0.4 is 5.11 Å². The zero-order chi connectivity index (χ0) is 25.4. The molecule has 180 valence electrons. The van der Waals surface area contributed by atoms with E-state index in [1.165, 1.54) is 0 Å². The maximum atomic E-state index is 14.7. The Kier molecular flexibility index (Phi) is 5.09. The fourth-order valence-electron chi connectivity index (χ4n) is 3.20. The molecule has 1 saturated carbocycles. The molecule has 1 fully saturated rings. The second-order valence-electron chi connectivity index (χ2n) is 7.11. The van der Waals surface area contributed by atoms with Crippen LogP contribution in [0.15, 0.2) is 42.5 Å². The predicted molar refractivity (Wildman–Crippen MR) is 85.5 cm³/mol. The van der Waals surface area contributed by atoms with Gasteiger partial charge in [0.2, 0.25) is 5.78 Å². The van der Waals surface area contributed by atoms with E-state index < -0.39 is 64.3 Å². The molecule has 0 radical (unpaired) electrons. The van der Waals surface area contributed by atoms with Gasteiger partial charge < -0.3 is 5.11 Å². The lowest BCUT2D eigenvalue weighted by atomic mass is 9.70. The second kappa shape index (κ2) is 6.79. The number of hydrogen-bond acceptors (Lipinski definition) is 2. The molecule has 0 atom stereocenters. The highest BCUT2D eigenvalue weighted by Gasteiger charge is 3.02. The van der Waals surface area contributed by atoms with E-state index in [1.807, 2.05) is 0 Å². The van der Waals surface area contributed by atoms with Gasteiger partial charge in [0.15, 0.2) is 0 Å². The van der Waals surface area contributed by atoms with E-state index in [-0.39, 0.29) is 10.8 Å². The van der Waals surface area contributed by atoms with Crippen molar-refractivity contribution < 1.29 is 62.6 Å². The monoisotopic (exact) mass is 495 g/mol. The summed E-state index contributed by atoms with van der Waals surface area (Å²) < 4.78 is 164. The van der Waals surface area contributed by atoms with Gasteiger partial charge in [-0.05, 0) is 40.6 Å². The van der Waals surface area contributed by atoms with Crippen molar-refractivity contribution in [2.45, 2.75) is 35.3 Å². The van der Waals surface area contributed by atoms with Gasteiger partial charge in [-0.3, -0.25) is 4.79 Å². The van der Waals surface area contributed by atoms with Crippen LogP contribution in [0.3, 0.4) is 0 Å². The highest BCUT2D eigenvalue weighted by Crippen LogP contribution is 2.69. The molecule has 33 heavy (non-hydrogen) atoms. The van der Waals surface area contributed by atoms with E-state index in [0.29, 0.717) is 0 Å². The first kappa shape index (κ1) is 24.7. The minimum Gasteiger partial charge on any atom is -0.872 e. The number of alkyl halides is 11. The fraction of sp³-hybridized carbons (Fsp3) is 0.316. The van der Waals surface area contributed by atoms with Gasteiger partial charge in [-0.2, -0.15) is 43.9 Å². The summed E-state index contributed by atoms with van der Waals surface area (Å²) in [7, 11) is 0. The van der Waals surface area contributed by atoms with Crippen molar-refractivity contribution in [3.8, 4) is 0 Å². The Morgan fingerprint density at radius 1 is 0.667 bits per heavy atom. The molecule has 0 unspecified atom stereocenters. The third-order valence-electron chi connectivity index (χ3n) is 5.13. The molecule has 2 nitrogen and oxygen atoms in total. The van der Waals surface area contributed by atoms with E-state index >= 15 is 0 Å². The van der Waals surface area contributed by atoms with Crippen molar-refractivity contribution in [3.63, 3.8) is 0 Å². The lowest BCUT2D eigenvalue weighted by Crippen LogP contribution is -2.85. The summed E-state index contributed by atoms with van der Waals surface area (Å²) >= 11 is 0. The van der Waals surface area contributed by atoms with Crippen molar-refractivity contribution in [1.29, 1.82) is 0 Å². The molecular weight excluding hydrogens is 488 g/mol. The third kappa shape index (κ3) is 2.81. The molecule has 0 amide bonds. The van der Waals surface area contributed by atoms with E-state index in [4.69, 9.17) is 0 Å². The van der Waals surface area contributed by atoms with Crippen LogP contribution in [0.5, 0.6) is 0 Å². The van der Waals surface area contributed by atoms with Crippen LogP contribution in [-0.2, 0) is 4.79 Å². The van der Waals surface area contributed by atoms with E-state index in [2.05, 4.69) is 0 Å². The van der Waals surface area contributed by atoms with Gasteiger partial charge in [0, 0.05) is 0 Å². The van der Waals surface area contributed by atoms with E-state index in [9.17, 15) is 62.6 Å². The molecule has 14 heteroatoms. The molecule has 1 aliphatic carbocycles. The summed E-state index contributed by atoms with van der Waals surface area (Å²) in [6.07, 6.45) is -0.942. The molecule has 0 bridgehead atoms. The van der Waals surface area contributed by atoms with Crippen LogP contribution in [0.25, 0.3) is 16.5 Å². The Morgan fingerprint density at radius 3 is 1.61 bits per heavy atom. The predicted octanol–water partition coefficient (Wildman–Crippen LogP) is 5.15. The first-order chi connectivity index (χ1) is 14.8. The van der Waals surface area contributed by atoms with Crippen molar-refractivity contribution >= 4 is 22.3 Å². The van der Waals surface area contributed by atoms with Crippen molar-refractivity contribution in [3.05, 3.63) is 53.9 Å². The van der Waals surface area contributed by atoms with E-state index in [0.717, 1.165) is 36.4 Å². The maximum Gasteiger partial charge on any atom is 0.384 e. The molecule has 1 aliphatic rings. The molecule has 0 N–H and O–H groups in total. The average Bonchev–Trinajstić information content (AvgIpc) is 2.70. The van der Waals surface area contributed by atoms with Crippen molar-refractivity contribution in [1.82, 2.24) is 0 Å². The minimum atomic E-state index is -7.47. The number of carbonyl (C=O) groups is 1. The number of rotatable bonds is 3. The van der Waals surface area contributed by atoms with Crippen LogP contribution in [0.2, 0.25) is 0 Å². The van der Waals surface area contributed by atoms with Gasteiger partial charge >= 0.3 is 35.3 Å². The summed E-state index contributed by atoms with van der Waals surface area (Å²) in [5.41, 5.74) is -7.66. The summed E-state index contributed by atoms with van der Waals surface area (Å²) in [6.45, 7) is 0. The Bertz CT molecular complexity index is 1140. The van der Waals surface area contributed by atoms with Gasteiger partial charge in [0.05, 0.1) is 0 Å². The molecule has 2 aromatic carbocycles. The number of carbonyl (C=O) groups excluding carboxylic acids is 1. The highest BCUT2D eigenvalue weighted by atomic mass is 19.4. The van der Waals surface area contributed by atoms with Crippen LogP contribution in [-0.4, -0.2) is 41.1 Å². The molecule has 0 aromatic heterocycles. The molecule has 2 aromatic rings. The summed E-state index contributed by atoms with van der Waals surface area (Å²) in [5.74, 6) is -43.3. The topological polar surface area (TPSA) is 40.1 Å². The van der Waals surface area contributed by atoms with Gasteiger partial charge in [-0.15, -0.1) is 0 Å². The zero-order valence-electron chi connectivity index (χ0n) is 15.4. The van der Waals surface area contributed by atoms with Crippen molar-refractivity contribution in [2.75, 3.05) is 0 Å². The molecule has 0 spiro atoms. The number of allylic oxidation sites excluding steroid dienone is 1. The highest BCUT2D eigenvalue weighted by molar-refractivity contribution is 6.03. The molecule has 0 saturated heterocycles. The third-order valence-corrected chi connectivity index (χ3v) is 5.13. The number of halogens is 12. The first-order valence-corrected chi connectivity index (χ1v) is 8.48. The number of ketones is 1. The van der Waals surface area contributed by atoms with Crippen molar-refractivity contribution in [2.24, 2.45) is 0 Å². The minimum absolute atomic E-state index is 0.0455. The average molecular weight is 495 g/mol. The Morgan fingerprint density at radius 2 is 1.09 bits per heavy atom. The van der Waals surface area contributed by atoms with Crippen LogP contribution in [0.1, 0.15) is 5.56 Å². The second-order valence-corrected chi connectivity index (χ2v) is 7.11. The summed E-state index contributed by atoms with van der Waals surface area (Å²) in [4.78, 5) is 11.9. The van der Waals surface area contributed by atoms with Crippen LogP contribution >= 0.6 is 0 Å². The largest absolute Gasteiger partial charge is 0.872 e. The smallest absolute Gasteiger partial charge is 0.384 e. The lowest BCUT2D eigenvalue weighted by Gasteiger charge is -2.51. The SMILES string of the molecule is O=C(/C=C(\[O-])c1ccc2cc(F)ccc2c1)C1(F)C(F)(F)C(F)(F)C(F)(F)C(F)(F)C1(F)F. The van der Waals surface area contributed by atoms with Gasteiger partial charge in [0.1, 0.15) is 5.82 Å². The van der Waals surface area contributed by atoms with Gasteiger partial charge in [-0.25, -0.2) is 8.78 Å². The normalized spacial score (nSPS) is 24.4. The van der Waals surface area contributed by atoms with Gasteiger partial charge in [-0.1, -0.05) is 24.0 Å². The van der Waals surface area contributed by atoms with Crippen LogP contribution in [0.4, 0.5) is 52.7 Å². The number of hydrogen-bond donors (Lipinski definition) is 0. The lowest BCUT2D eigenvalue weighted by molar-refractivity contribution is -0.475. The summed E-state index contributed by atoms with van der Waals surface area (Å²) in [5, 5.41) is 12.3. The Hall–Kier alpha value is -2.93. The van der Waals surface area contributed by atoms with Crippen LogP contribution in [0, 0.1) is 5.82 Å². The quantitative estimate of drug-likeness (QED) is 0.336. The standard InChI is InChI=1S/C19H8F12O2/c20-11-4-3-8-5-10(2-1-9(8)6-11)12(32)7-13(33)14(21)15(22,23)17(26,27)19(30,31)18(28,29)16(14,24)25/h1-7,32H/p-1/b12-7-. The first-order valence-electron chi connectivity index (χ1n) is 8.48. The zero-order valence-corrected chi connectivity index (χ0v) is 15.4. The van der Waals surface area contributed by atoms with E-state index in [1.54, 1.807) is 0 Å².